The average molecular weight is 180 g/mol. The lowest BCUT2D eigenvalue weighted by molar-refractivity contribution is 0.753. The lowest BCUT2D eigenvalue weighted by Gasteiger charge is -2.04. The fourth-order valence-electron chi connectivity index (χ4n) is 0. The van der Waals surface area contributed by atoms with E-state index in [0.29, 0.717) is 0 Å². The van der Waals surface area contributed by atoms with E-state index in [1.54, 1.807) is 0 Å². The third-order valence-corrected chi connectivity index (χ3v) is 1.10. The Balaban J connectivity index is 0. The molecule has 0 rings (SSSR count). The van der Waals surface area contributed by atoms with Gasteiger partial charge in [-0.25, -0.2) is 0 Å². The largest absolute Gasteiger partial charge is 0.179 e. The van der Waals surface area contributed by atoms with Crippen LogP contribution in [0.5, 0.6) is 0 Å². The summed E-state index contributed by atoms with van der Waals surface area (Å²) in [5, 5.41) is 0. The Morgan fingerprint density at radius 2 is 1.30 bits per heavy atom. The van der Waals surface area contributed by atoms with Crippen LogP contribution in [0.4, 0.5) is 0 Å². The molecule has 10 heavy (non-hydrogen) atoms. The van der Waals surface area contributed by atoms with Gasteiger partial charge < -0.3 is 0 Å². The molecule has 0 saturated heterocycles. The van der Waals surface area contributed by atoms with Crippen LogP contribution >= 0.6 is 25.3 Å². The van der Waals surface area contributed by atoms with E-state index in [2.05, 4.69) is 59.9 Å². The highest BCUT2D eigenvalue weighted by Gasteiger charge is 1.96. The molecule has 0 amide bonds. The third kappa shape index (κ3) is 70.8. The van der Waals surface area contributed by atoms with Crippen LogP contribution in [0.3, 0.4) is 0 Å². The molecule has 0 saturated carbocycles. The van der Waals surface area contributed by atoms with Gasteiger partial charge >= 0.3 is 0 Å². The molecule has 0 heterocycles. The molecule has 0 aromatic carbocycles. The second-order valence-electron chi connectivity index (χ2n) is 3.75. The predicted octanol–water partition coefficient (Wildman–Crippen LogP) is 3.29. The molecule has 0 bridgehead atoms. The van der Waals surface area contributed by atoms with E-state index >= 15 is 0 Å². The summed E-state index contributed by atoms with van der Waals surface area (Å²) < 4.78 is 0.194. The highest BCUT2D eigenvalue weighted by atomic mass is 32.1. The molecule has 0 N–H and O–H groups in total. The quantitative estimate of drug-likeness (QED) is 0.568. The highest BCUT2D eigenvalue weighted by molar-refractivity contribution is 7.81. The molecule has 0 radical (unpaired) electrons. The lowest BCUT2D eigenvalue weighted by atomic mass is 10.3. The minimum Gasteiger partial charge on any atom is -0.179 e. The van der Waals surface area contributed by atoms with Crippen molar-refractivity contribution < 1.29 is 0 Å². The molecule has 0 aromatic heterocycles. The highest BCUT2D eigenvalue weighted by Crippen LogP contribution is 2.07. The Kier molecular flexibility index (Phi) is 8.53. The van der Waals surface area contributed by atoms with E-state index < -0.39 is 0 Å². The van der Waals surface area contributed by atoms with E-state index in [4.69, 9.17) is 0 Å². The average Bonchev–Trinajstić information content (AvgIpc) is 1.61. The van der Waals surface area contributed by atoms with E-state index in [1.807, 2.05) is 0 Å². The number of hydrogen-bond donors (Lipinski definition) is 2. The van der Waals surface area contributed by atoms with Gasteiger partial charge in [0.05, 0.1) is 0 Å². The number of thiol groups is 2. The van der Waals surface area contributed by atoms with Gasteiger partial charge in [-0.3, -0.25) is 0 Å². The van der Waals surface area contributed by atoms with Crippen molar-refractivity contribution in [2.75, 3.05) is 5.75 Å². The number of rotatable bonds is 1. The van der Waals surface area contributed by atoms with Crippen molar-refractivity contribution in [1.82, 2.24) is 0 Å². The maximum Gasteiger partial charge on any atom is 0.00449 e. The summed E-state index contributed by atoms with van der Waals surface area (Å²) in [5.41, 5.74) is 0. The zero-order valence-electron chi connectivity index (χ0n) is 7.68. The first-order valence-electron chi connectivity index (χ1n) is 3.60. The Morgan fingerprint density at radius 3 is 1.30 bits per heavy atom. The first-order chi connectivity index (χ1) is 4.27. The second kappa shape index (κ2) is 6.41. The van der Waals surface area contributed by atoms with Gasteiger partial charge in [0.2, 0.25) is 0 Å². The van der Waals surface area contributed by atoms with Crippen LogP contribution in [0.2, 0.25) is 0 Å². The molecule has 0 aliphatic heterocycles. The summed E-state index contributed by atoms with van der Waals surface area (Å²) in [6, 6.07) is 0. The zero-order valence-corrected chi connectivity index (χ0v) is 9.47. The van der Waals surface area contributed by atoms with E-state index in [1.165, 1.54) is 0 Å². The van der Waals surface area contributed by atoms with Crippen LogP contribution in [0.25, 0.3) is 0 Å². The normalized spacial score (nSPS) is 10.8. The predicted molar refractivity (Wildman–Crippen MR) is 57.4 cm³/mol. The van der Waals surface area contributed by atoms with Crippen LogP contribution in [0.15, 0.2) is 0 Å². The molecular weight excluding hydrogens is 160 g/mol. The molecule has 0 fully saturated rings. The summed E-state index contributed by atoms with van der Waals surface area (Å²) in [4.78, 5) is 0. The zero-order chi connectivity index (χ0) is 8.78. The molecular formula is C8H20S2. The van der Waals surface area contributed by atoms with Crippen molar-refractivity contribution in [3.8, 4) is 0 Å². The molecule has 0 nitrogen and oxygen atoms in total. The van der Waals surface area contributed by atoms with Crippen molar-refractivity contribution >= 4 is 25.3 Å². The minimum absolute atomic E-state index is 0.194. The van der Waals surface area contributed by atoms with Gasteiger partial charge in [0.15, 0.2) is 0 Å². The van der Waals surface area contributed by atoms with Gasteiger partial charge in [-0.1, -0.05) is 34.6 Å². The fraction of sp³-hybridized carbons (Fsp3) is 1.00. The lowest BCUT2D eigenvalue weighted by Crippen LogP contribution is -1.99. The maximum absolute atomic E-state index is 4.12. The van der Waals surface area contributed by atoms with Crippen molar-refractivity contribution in [3.05, 3.63) is 0 Å². The molecule has 0 aliphatic rings. The first-order valence-corrected chi connectivity index (χ1v) is 4.68. The van der Waals surface area contributed by atoms with Gasteiger partial charge in [0.1, 0.15) is 0 Å². The second-order valence-corrected chi connectivity index (χ2v) is 5.45. The van der Waals surface area contributed by atoms with Gasteiger partial charge in [-0.15, -0.1) is 0 Å². The third-order valence-electron chi connectivity index (χ3n) is 0.365. The summed E-state index contributed by atoms with van der Waals surface area (Å²) in [6.07, 6.45) is 0. The van der Waals surface area contributed by atoms with Gasteiger partial charge in [0.25, 0.3) is 0 Å². The number of hydrogen-bond acceptors (Lipinski definition) is 2. The first kappa shape index (κ1) is 13.3. The summed E-state index contributed by atoms with van der Waals surface area (Å²) >= 11 is 8.14. The van der Waals surface area contributed by atoms with Gasteiger partial charge in [0, 0.05) is 4.75 Å². The molecule has 0 unspecified atom stereocenters. The Bertz CT molecular complexity index is 56.1. The van der Waals surface area contributed by atoms with Crippen molar-refractivity contribution in [3.63, 3.8) is 0 Å². The van der Waals surface area contributed by atoms with Crippen LogP contribution < -0.4 is 0 Å². The molecule has 0 aliphatic carbocycles. The SMILES string of the molecule is CC(C)(C)S.CC(C)CS. The molecule has 2 heteroatoms. The van der Waals surface area contributed by atoms with Crippen LogP contribution in [0, 0.1) is 5.92 Å². The van der Waals surface area contributed by atoms with Crippen molar-refractivity contribution in [1.29, 1.82) is 0 Å². The smallest absolute Gasteiger partial charge is 0.00449 e. The summed E-state index contributed by atoms with van der Waals surface area (Å²) in [5.74, 6) is 1.75. The van der Waals surface area contributed by atoms with E-state index in [9.17, 15) is 0 Å². The van der Waals surface area contributed by atoms with E-state index in [0.717, 1.165) is 11.7 Å². The van der Waals surface area contributed by atoms with Gasteiger partial charge in [-0.2, -0.15) is 25.3 Å². The maximum atomic E-state index is 4.12. The van der Waals surface area contributed by atoms with Crippen LogP contribution in [-0.2, 0) is 0 Å². The standard InChI is InChI=1S/2C4H10S/c1-4(2,3)5;1-4(2)3-5/h5H,1-3H3;4-5H,3H2,1-2H3. The Morgan fingerprint density at radius 1 is 1.20 bits per heavy atom. The van der Waals surface area contributed by atoms with Gasteiger partial charge in [-0.05, 0) is 11.7 Å². The monoisotopic (exact) mass is 180 g/mol. The summed E-state index contributed by atoms with van der Waals surface area (Å²) in [7, 11) is 0. The van der Waals surface area contributed by atoms with Crippen LogP contribution in [0.1, 0.15) is 34.6 Å². The molecule has 64 valence electrons. The molecule has 0 aromatic rings. The molecule has 0 spiro atoms. The molecule has 0 atom stereocenters. The Hall–Kier alpha value is 0.700. The topological polar surface area (TPSA) is 0 Å². The van der Waals surface area contributed by atoms with Crippen molar-refractivity contribution in [2.45, 2.75) is 39.4 Å². The minimum atomic E-state index is 0.194. The summed E-state index contributed by atoms with van der Waals surface area (Å²) in [6.45, 7) is 10.4. The Labute approximate surface area is 76.6 Å². The van der Waals surface area contributed by atoms with Crippen molar-refractivity contribution in [2.24, 2.45) is 5.92 Å². The van der Waals surface area contributed by atoms with E-state index in [-0.39, 0.29) is 4.75 Å². The fourth-order valence-corrected chi connectivity index (χ4v) is 0. The van der Waals surface area contributed by atoms with Crippen LogP contribution in [-0.4, -0.2) is 10.5 Å².